The van der Waals surface area contributed by atoms with Gasteiger partial charge in [0.1, 0.15) is 6.07 Å². The molecule has 0 N–H and O–H groups in total. The number of hydrogen-bond donors (Lipinski definition) is 0. The maximum absolute atomic E-state index is 11.9. The van der Waals surface area contributed by atoms with Gasteiger partial charge in [-0.1, -0.05) is 13.3 Å². The van der Waals surface area contributed by atoms with Crippen LogP contribution in [0.2, 0.25) is 0 Å². The first-order chi connectivity index (χ1) is 7.69. The van der Waals surface area contributed by atoms with Crippen molar-refractivity contribution >= 4 is 11.5 Å². The second kappa shape index (κ2) is 6.23. The van der Waals surface area contributed by atoms with Gasteiger partial charge in [-0.05, 0) is 6.42 Å². The molecule has 4 nitrogen and oxygen atoms in total. The van der Waals surface area contributed by atoms with Crippen LogP contribution in [0.1, 0.15) is 25.3 Å². The summed E-state index contributed by atoms with van der Waals surface area (Å²) in [6.07, 6.45) is 1.77. The summed E-state index contributed by atoms with van der Waals surface area (Å²) in [5.74, 6) is -0.367. The lowest BCUT2D eigenvalue weighted by atomic mass is 10.3. The van der Waals surface area contributed by atoms with Gasteiger partial charge in [0.15, 0.2) is 5.56 Å². The Kier molecular flexibility index (Phi) is 4.92. The summed E-state index contributed by atoms with van der Waals surface area (Å²) in [6, 6.07) is 1.74. The number of rotatable bonds is 6. The molecule has 7 heteroatoms. The molecule has 0 bridgehead atoms. The number of alkyl halides is 2. The van der Waals surface area contributed by atoms with Crippen molar-refractivity contribution in [2.45, 2.75) is 26.4 Å². The lowest BCUT2D eigenvalue weighted by molar-refractivity contribution is -0.0524. The maximum Gasteiger partial charge on any atom is 0.388 e. The summed E-state index contributed by atoms with van der Waals surface area (Å²) in [5, 5.41) is 9.00. The third kappa shape index (κ3) is 3.31. The fraction of sp³-hybridized carbons (Fsp3) is 0.556. The summed E-state index contributed by atoms with van der Waals surface area (Å²) in [5.41, 5.74) is -0.0681. The topological polar surface area (TPSA) is 55.1 Å². The number of unbranched alkanes of at least 4 members (excludes halogenated alkanes) is 1. The monoisotopic (exact) mass is 248 g/mol. The Labute approximate surface area is 95.6 Å². The van der Waals surface area contributed by atoms with E-state index in [1.165, 1.54) is 0 Å². The van der Waals surface area contributed by atoms with Crippen molar-refractivity contribution < 1.29 is 18.3 Å². The molecule has 0 aliphatic carbocycles. The standard InChI is InChI=1S/C9H10F2N2O2S/c1-2-3-4-14-8-6(5-12)7(13-16-8)15-9(10)11/h9H,2-4H2,1H3. The average Bonchev–Trinajstić information content (AvgIpc) is 2.60. The first kappa shape index (κ1) is 12.6. The summed E-state index contributed by atoms with van der Waals surface area (Å²) < 4.78 is 36.8. The SMILES string of the molecule is CCCCOc1snc(OC(F)F)c1C#N. The van der Waals surface area contributed by atoms with Crippen LogP contribution in [0.15, 0.2) is 0 Å². The molecular weight excluding hydrogens is 238 g/mol. The molecular formula is C9H10F2N2O2S. The number of ether oxygens (including phenoxy) is 2. The second-order valence-electron chi connectivity index (χ2n) is 2.84. The molecule has 1 aromatic heterocycles. The van der Waals surface area contributed by atoms with Gasteiger partial charge in [0, 0.05) is 11.5 Å². The van der Waals surface area contributed by atoms with Crippen LogP contribution in [-0.2, 0) is 0 Å². The highest BCUT2D eigenvalue weighted by Crippen LogP contribution is 2.32. The zero-order chi connectivity index (χ0) is 12.0. The number of aromatic nitrogens is 1. The third-order valence-electron chi connectivity index (χ3n) is 1.67. The molecule has 16 heavy (non-hydrogen) atoms. The molecule has 1 heterocycles. The lowest BCUT2D eigenvalue weighted by Gasteiger charge is -2.02. The Hall–Kier alpha value is -1.42. The molecule has 0 fully saturated rings. The van der Waals surface area contributed by atoms with E-state index in [1.54, 1.807) is 6.07 Å². The maximum atomic E-state index is 11.9. The zero-order valence-electron chi connectivity index (χ0n) is 8.57. The fourth-order valence-electron chi connectivity index (χ4n) is 0.928. The number of hydrogen-bond acceptors (Lipinski definition) is 5. The quantitative estimate of drug-likeness (QED) is 0.726. The van der Waals surface area contributed by atoms with E-state index in [9.17, 15) is 8.78 Å². The van der Waals surface area contributed by atoms with Gasteiger partial charge in [-0.15, -0.1) is 0 Å². The van der Waals surface area contributed by atoms with E-state index in [4.69, 9.17) is 10.00 Å². The van der Waals surface area contributed by atoms with Crippen LogP contribution in [0.5, 0.6) is 10.9 Å². The van der Waals surface area contributed by atoms with Gasteiger partial charge in [-0.3, -0.25) is 0 Å². The number of nitrogens with zero attached hydrogens (tertiary/aromatic N) is 2. The summed E-state index contributed by atoms with van der Waals surface area (Å²) in [7, 11) is 0. The van der Waals surface area contributed by atoms with E-state index in [-0.39, 0.29) is 16.5 Å². The smallest absolute Gasteiger partial charge is 0.388 e. The molecule has 0 spiro atoms. The molecule has 1 rings (SSSR count). The minimum atomic E-state index is -2.99. The fourth-order valence-corrected chi connectivity index (χ4v) is 1.59. The van der Waals surface area contributed by atoms with Crippen molar-refractivity contribution in [3.8, 4) is 17.0 Å². The molecule has 0 unspecified atom stereocenters. The largest absolute Gasteiger partial charge is 0.482 e. The van der Waals surface area contributed by atoms with Gasteiger partial charge in [-0.25, -0.2) is 0 Å². The average molecular weight is 248 g/mol. The first-order valence-electron chi connectivity index (χ1n) is 4.66. The highest BCUT2D eigenvalue weighted by molar-refractivity contribution is 7.08. The molecule has 0 aliphatic heterocycles. The van der Waals surface area contributed by atoms with Crippen LogP contribution in [0, 0.1) is 11.3 Å². The summed E-state index contributed by atoms with van der Waals surface area (Å²) in [4.78, 5) is 0. The Balaban J connectivity index is 2.71. The van der Waals surface area contributed by atoms with Crippen molar-refractivity contribution in [2.75, 3.05) is 6.61 Å². The van der Waals surface area contributed by atoms with Crippen molar-refractivity contribution in [1.82, 2.24) is 4.37 Å². The Morgan fingerprint density at radius 1 is 1.56 bits per heavy atom. The predicted molar refractivity (Wildman–Crippen MR) is 53.9 cm³/mol. The van der Waals surface area contributed by atoms with Gasteiger partial charge in [0.05, 0.1) is 6.61 Å². The van der Waals surface area contributed by atoms with Gasteiger partial charge >= 0.3 is 6.61 Å². The van der Waals surface area contributed by atoms with Crippen LogP contribution in [0.4, 0.5) is 8.78 Å². The van der Waals surface area contributed by atoms with E-state index >= 15 is 0 Å². The van der Waals surface area contributed by atoms with Crippen LogP contribution in [0.3, 0.4) is 0 Å². The van der Waals surface area contributed by atoms with E-state index < -0.39 is 6.61 Å². The van der Waals surface area contributed by atoms with Gasteiger partial charge in [-0.2, -0.15) is 18.4 Å². The molecule has 0 amide bonds. The predicted octanol–water partition coefficient (Wildman–Crippen LogP) is 2.80. The van der Waals surface area contributed by atoms with Gasteiger partial charge in [0.2, 0.25) is 5.06 Å². The minimum absolute atomic E-state index is 0.0681. The Bertz CT molecular complexity index is 376. The lowest BCUT2D eigenvalue weighted by Crippen LogP contribution is -2.03. The molecule has 0 aromatic carbocycles. The number of nitriles is 1. The second-order valence-corrected chi connectivity index (χ2v) is 3.58. The molecule has 1 aromatic rings. The minimum Gasteiger partial charge on any atom is -0.482 e. The van der Waals surface area contributed by atoms with Gasteiger partial charge in [0.25, 0.3) is 5.88 Å². The van der Waals surface area contributed by atoms with Crippen molar-refractivity contribution in [3.05, 3.63) is 5.56 Å². The third-order valence-corrected chi connectivity index (χ3v) is 2.42. The van der Waals surface area contributed by atoms with Crippen molar-refractivity contribution in [3.63, 3.8) is 0 Å². The van der Waals surface area contributed by atoms with E-state index in [1.807, 2.05) is 6.92 Å². The molecule has 0 saturated carbocycles. The summed E-state index contributed by atoms with van der Waals surface area (Å²) >= 11 is 0.840. The van der Waals surface area contributed by atoms with Crippen LogP contribution < -0.4 is 9.47 Å². The Morgan fingerprint density at radius 2 is 2.31 bits per heavy atom. The van der Waals surface area contributed by atoms with Crippen LogP contribution in [0.25, 0.3) is 0 Å². The van der Waals surface area contributed by atoms with Gasteiger partial charge < -0.3 is 9.47 Å². The van der Waals surface area contributed by atoms with Crippen molar-refractivity contribution in [2.24, 2.45) is 0 Å². The molecule has 0 radical (unpaired) electrons. The van der Waals surface area contributed by atoms with Crippen molar-refractivity contribution in [1.29, 1.82) is 5.26 Å². The van der Waals surface area contributed by atoms with E-state index in [0.717, 1.165) is 24.4 Å². The van der Waals surface area contributed by atoms with E-state index in [2.05, 4.69) is 9.11 Å². The molecule has 0 atom stereocenters. The Morgan fingerprint density at radius 3 is 2.88 bits per heavy atom. The highest BCUT2D eigenvalue weighted by Gasteiger charge is 2.19. The zero-order valence-corrected chi connectivity index (χ0v) is 9.39. The summed E-state index contributed by atoms with van der Waals surface area (Å²) in [6.45, 7) is -0.564. The molecule has 0 saturated heterocycles. The number of halogens is 2. The van der Waals surface area contributed by atoms with Crippen LogP contribution in [-0.4, -0.2) is 17.6 Å². The molecule has 88 valence electrons. The first-order valence-corrected chi connectivity index (χ1v) is 5.43. The highest BCUT2D eigenvalue weighted by atomic mass is 32.1. The normalized spacial score (nSPS) is 10.2. The van der Waals surface area contributed by atoms with Crippen LogP contribution >= 0.6 is 11.5 Å². The van der Waals surface area contributed by atoms with E-state index in [0.29, 0.717) is 6.61 Å². The molecule has 0 aliphatic rings.